The molecule has 0 unspecified atom stereocenters. The second kappa shape index (κ2) is 7.44. The van der Waals surface area contributed by atoms with Gasteiger partial charge in [-0.1, -0.05) is 12.1 Å². The number of benzene rings is 2. The monoisotopic (exact) mass is 370 g/mol. The Labute approximate surface area is 157 Å². The number of piperidine rings is 1. The first-order valence-electron chi connectivity index (χ1n) is 9.05. The molecule has 7 heteroatoms. The Balaban J connectivity index is 1.47. The third-order valence-corrected chi connectivity index (χ3v) is 5.28. The molecule has 4 rings (SSSR count). The Morgan fingerprint density at radius 1 is 1.19 bits per heavy atom. The Morgan fingerprint density at radius 2 is 1.96 bits per heavy atom. The summed E-state index contributed by atoms with van der Waals surface area (Å²) in [7, 11) is 2.11. The lowest BCUT2D eigenvalue weighted by Gasteiger charge is -2.37. The quantitative estimate of drug-likeness (QED) is 0.593. The van der Waals surface area contributed by atoms with Crippen LogP contribution < -0.4 is 14.2 Å². The molecule has 0 spiro atoms. The Morgan fingerprint density at radius 3 is 2.74 bits per heavy atom. The minimum Gasteiger partial charge on any atom is -0.493 e. The summed E-state index contributed by atoms with van der Waals surface area (Å²) in [6, 6.07) is 12.5. The van der Waals surface area contributed by atoms with Crippen molar-refractivity contribution in [3.05, 3.63) is 58.1 Å². The molecule has 1 fully saturated rings. The smallest absolute Gasteiger partial charge is 0.269 e. The van der Waals surface area contributed by atoms with Crippen LogP contribution in [0.5, 0.6) is 17.2 Å². The molecular formula is C20H22N2O5. The number of rotatable bonds is 5. The molecule has 0 radical (unpaired) electrons. The van der Waals surface area contributed by atoms with E-state index in [1.165, 1.54) is 0 Å². The number of hydrogen-bond donors (Lipinski definition) is 0. The first-order valence-corrected chi connectivity index (χ1v) is 9.05. The van der Waals surface area contributed by atoms with Crippen molar-refractivity contribution in [2.75, 3.05) is 33.5 Å². The average Bonchev–Trinajstić information content (AvgIpc) is 3.14. The van der Waals surface area contributed by atoms with E-state index >= 15 is 0 Å². The minimum absolute atomic E-state index is 0.125. The highest BCUT2D eigenvalue weighted by Crippen LogP contribution is 2.37. The number of nitrogens with zero attached hydrogens (tertiary/aromatic N) is 2. The maximum Gasteiger partial charge on any atom is 0.269 e. The number of ether oxygens (including phenoxy) is 3. The molecule has 1 saturated heterocycles. The number of nitro groups is 1. The van der Waals surface area contributed by atoms with E-state index in [1.807, 2.05) is 30.3 Å². The van der Waals surface area contributed by atoms with Gasteiger partial charge in [0.25, 0.3) is 5.69 Å². The fraction of sp³-hybridized carbons (Fsp3) is 0.400. The van der Waals surface area contributed by atoms with E-state index < -0.39 is 0 Å². The second-order valence-electron chi connectivity index (χ2n) is 7.09. The summed E-state index contributed by atoms with van der Waals surface area (Å²) in [4.78, 5) is 12.8. The lowest BCUT2D eigenvalue weighted by Crippen LogP contribution is -2.39. The highest BCUT2D eigenvalue weighted by atomic mass is 16.7. The van der Waals surface area contributed by atoms with E-state index in [-0.39, 0.29) is 17.4 Å². The van der Waals surface area contributed by atoms with Gasteiger partial charge < -0.3 is 19.1 Å². The molecule has 0 saturated carbocycles. The summed E-state index contributed by atoms with van der Waals surface area (Å²) in [5.41, 5.74) is 1.26. The number of hydrogen-bond acceptors (Lipinski definition) is 6. The summed E-state index contributed by atoms with van der Waals surface area (Å²) in [5, 5.41) is 10.9. The Kier molecular flexibility index (Phi) is 4.85. The summed E-state index contributed by atoms with van der Waals surface area (Å²) < 4.78 is 16.8. The van der Waals surface area contributed by atoms with Crippen LogP contribution >= 0.6 is 0 Å². The van der Waals surface area contributed by atoms with Crippen LogP contribution in [-0.2, 0) is 0 Å². The van der Waals surface area contributed by atoms with E-state index in [0.717, 1.165) is 36.6 Å². The first kappa shape index (κ1) is 17.6. The van der Waals surface area contributed by atoms with Gasteiger partial charge in [-0.3, -0.25) is 10.1 Å². The molecule has 0 aromatic heterocycles. The van der Waals surface area contributed by atoms with Gasteiger partial charge in [-0.15, -0.1) is 0 Å². The van der Waals surface area contributed by atoms with Crippen LogP contribution in [0.15, 0.2) is 42.5 Å². The fourth-order valence-electron chi connectivity index (χ4n) is 3.83. The topological polar surface area (TPSA) is 74.1 Å². The Bertz CT molecular complexity index is 824. The molecule has 2 heterocycles. The summed E-state index contributed by atoms with van der Waals surface area (Å²) >= 11 is 0. The van der Waals surface area contributed by atoms with Crippen molar-refractivity contribution in [1.82, 2.24) is 4.90 Å². The van der Waals surface area contributed by atoms with Crippen LogP contribution in [0.1, 0.15) is 17.9 Å². The zero-order chi connectivity index (χ0) is 18.8. The molecule has 7 nitrogen and oxygen atoms in total. The second-order valence-corrected chi connectivity index (χ2v) is 7.09. The Hall–Kier alpha value is -2.80. The molecule has 2 aromatic carbocycles. The van der Waals surface area contributed by atoms with Crippen LogP contribution in [0.4, 0.5) is 5.69 Å². The van der Waals surface area contributed by atoms with Crippen molar-refractivity contribution in [1.29, 1.82) is 0 Å². The van der Waals surface area contributed by atoms with Crippen LogP contribution in [0.2, 0.25) is 0 Å². The SMILES string of the molecule is CN1CC[C@@H](c2ccc([N+](=O)[O-])cc2)[C@H](COc2ccc3c(c2)OCO3)C1. The van der Waals surface area contributed by atoms with Gasteiger partial charge in [0.05, 0.1) is 11.5 Å². The highest BCUT2D eigenvalue weighted by molar-refractivity contribution is 5.46. The van der Waals surface area contributed by atoms with E-state index in [9.17, 15) is 10.1 Å². The lowest BCUT2D eigenvalue weighted by atomic mass is 9.81. The fourth-order valence-corrected chi connectivity index (χ4v) is 3.83. The predicted molar refractivity (Wildman–Crippen MR) is 99.5 cm³/mol. The van der Waals surface area contributed by atoms with Gasteiger partial charge >= 0.3 is 0 Å². The number of fused-ring (bicyclic) bond motifs is 1. The summed E-state index contributed by atoms with van der Waals surface area (Å²) in [5.74, 6) is 2.82. The van der Waals surface area contributed by atoms with Crippen molar-refractivity contribution in [2.24, 2.45) is 5.92 Å². The molecule has 2 aliphatic heterocycles. The highest BCUT2D eigenvalue weighted by Gasteiger charge is 2.30. The van der Waals surface area contributed by atoms with Gasteiger partial charge in [-0.25, -0.2) is 0 Å². The number of likely N-dealkylation sites (tertiary alicyclic amines) is 1. The first-order chi connectivity index (χ1) is 13.1. The van der Waals surface area contributed by atoms with Crippen LogP contribution in [0.25, 0.3) is 0 Å². The van der Waals surface area contributed by atoms with Gasteiger partial charge in [-0.05, 0) is 43.6 Å². The summed E-state index contributed by atoms with van der Waals surface area (Å²) in [6.45, 7) is 2.74. The van der Waals surface area contributed by atoms with Gasteiger partial charge in [0.1, 0.15) is 5.75 Å². The maximum atomic E-state index is 10.9. The van der Waals surface area contributed by atoms with Crippen molar-refractivity contribution >= 4 is 5.69 Å². The molecule has 0 aliphatic carbocycles. The van der Waals surface area contributed by atoms with Crippen molar-refractivity contribution in [3.63, 3.8) is 0 Å². The van der Waals surface area contributed by atoms with E-state index in [0.29, 0.717) is 24.2 Å². The molecule has 142 valence electrons. The van der Waals surface area contributed by atoms with Crippen LogP contribution in [-0.4, -0.2) is 43.4 Å². The van der Waals surface area contributed by atoms with Gasteiger partial charge in [0, 0.05) is 30.7 Å². The molecule has 2 aromatic rings. The number of nitro benzene ring substituents is 1. The molecular weight excluding hydrogens is 348 g/mol. The van der Waals surface area contributed by atoms with E-state index in [1.54, 1.807) is 12.1 Å². The third kappa shape index (κ3) is 3.83. The molecule has 0 amide bonds. The van der Waals surface area contributed by atoms with Gasteiger partial charge in [-0.2, -0.15) is 0 Å². The van der Waals surface area contributed by atoms with Crippen molar-refractivity contribution < 1.29 is 19.1 Å². The molecule has 2 aliphatic rings. The van der Waals surface area contributed by atoms with E-state index in [2.05, 4.69) is 11.9 Å². The number of non-ortho nitro benzene ring substituents is 1. The lowest BCUT2D eigenvalue weighted by molar-refractivity contribution is -0.384. The minimum atomic E-state index is -0.362. The standard InChI is InChI=1S/C20H22N2O5/c1-21-9-8-18(14-2-4-16(5-3-14)22(23)24)15(11-21)12-25-17-6-7-19-20(10-17)27-13-26-19/h2-7,10,15,18H,8-9,11-13H2,1H3/t15-,18-/m0/s1. The third-order valence-electron chi connectivity index (χ3n) is 5.28. The molecule has 27 heavy (non-hydrogen) atoms. The van der Waals surface area contributed by atoms with Gasteiger partial charge in [0.2, 0.25) is 6.79 Å². The maximum absolute atomic E-state index is 10.9. The molecule has 2 atom stereocenters. The normalized spacial score (nSPS) is 21.8. The molecule has 0 N–H and O–H groups in total. The van der Waals surface area contributed by atoms with Crippen LogP contribution in [0.3, 0.4) is 0 Å². The van der Waals surface area contributed by atoms with Crippen LogP contribution in [0, 0.1) is 16.0 Å². The van der Waals surface area contributed by atoms with Gasteiger partial charge in [0.15, 0.2) is 11.5 Å². The predicted octanol–water partition coefficient (Wildman–Crippen LogP) is 3.44. The molecule has 0 bridgehead atoms. The largest absolute Gasteiger partial charge is 0.493 e. The zero-order valence-corrected chi connectivity index (χ0v) is 15.2. The zero-order valence-electron chi connectivity index (χ0n) is 15.2. The average molecular weight is 370 g/mol. The van der Waals surface area contributed by atoms with Crippen molar-refractivity contribution in [2.45, 2.75) is 12.3 Å². The van der Waals surface area contributed by atoms with Crippen molar-refractivity contribution in [3.8, 4) is 17.2 Å². The van der Waals surface area contributed by atoms with E-state index in [4.69, 9.17) is 14.2 Å². The summed E-state index contributed by atoms with van der Waals surface area (Å²) in [6.07, 6.45) is 1.00.